The lowest BCUT2D eigenvalue weighted by molar-refractivity contribution is 0.266. The molecule has 4 nitrogen and oxygen atoms in total. The first-order valence-electron chi connectivity index (χ1n) is 6.52. The third-order valence-corrected chi connectivity index (χ3v) is 4.21. The topological polar surface area (TPSA) is 62.7 Å². The number of benzene rings is 1. The Hall–Kier alpha value is -1.67. The fourth-order valence-electron chi connectivity index (χ4n) is 1.95. The van der Waals surface area contributed by atoms with E-state index in [-0.39, 0.29) is 5.41 Å². The molecule has 5 heteroatoms. The number of nitrogens with zero attached hydrogens (tertiary/aromatic N) is 3. The van der Waals surface area contributed by atoms with Crippen LogP contribution in [0.3, 0.4) is 0 Å². The first-order chi connectivity index (χ1) is 9.58. The molecule has 0 radical (unpaired) electrons. The van der Waals surface area contributed by atoms with E-state index in [9.17, 15) is 0 Å². The van der Waals surface area contributed by atoms with Gasteiger partial charge in [0.15, 0.2) is 0 Å². The van der Waals surface area contributed by atoms with Gasteiger partial charge in [-0.15, -0.1) is 0 Å². The lowest BCUT2D eigenvalue weighted by Gasteiger charge is -2.22. The lowest BCUT2D eigenvalue weighted by atomic mass is 9.81. The lowest BCUT2D eigenvalue weighted by Crippen LogP contribution is -2.18. The first-order valence-corrected chi connectivity index (χ1v) is 7.32. The van der Waals surface area contributed by atoms with Crippen molar-refractivity contribution in [3.63, 3.8) is 0 Å². The maximum Gasteiger partial charge on any atom is 0.227 e. The Morgan fingerprint density at radius 3 is 2.80 bits per heavy atom. The van der Waals surface area contributed by atoms with Crippen molar-refractivity contribution in [2.75, 3.05) is 0 Å². The molecule has 0 aliphatic rings. The van der Waals surface area contributed by atoms with Crippen LogP contribution >= 0.6 is 15.9 Å². The highest BCUT2D eigenvalue weighted by Crippen LogP contribution is 2.31. The summed E-state index contributed by atoms with van der Waals surface area (Å²) in [5, 5.41) is 12.9. The molecule has 1 heterocycles. The van der Waals surface area contributed by atoms with Crippen molar-refractivity contribution in [3.8, 4) is 17.5 Å². The van der Waals surface area contributed by atoms with E-state index < -0.39 is 0 Å². The molecular weight excluding hydrogens is 318 g/mol. The molecule has 0 N–H and O–H groups in total. The molecule has 2 rings (SSSR count). The average molecular weight is 334 g/mol. The Kier molecular flexibility index (Phi) is 4.56. The van der Waals surface area contributed by atoms with Crippen molar-refractivity contribution in [2.45, 2.75) is 33.1 Å². The normalized spacial score (nSPS) is 13.7. The number of hydrogen-bond donors (Lipinski definition) is 0. The molecule has 0 aliphatic heterocycles. The fraction of sp³-hybridized carbons (Fsp3) is 0.400. The molecule has 0 saturated carbocycles. The largest absolute Gasteiger partial charge is 0.339 e. The first kappa shape index (κ1) is 14.7. The van der Waals surface area contributed by atoms with Crippen molar-refractivity contribution < 1.29 is 4.52 Å². The van der Waals surface area contributed by atoms with E-state index in [0.29, 0.717) is 24.6 Å². The molecule has 0 fully saturated rings. The highest BCUT2D eigenvalue weighted by molar-refractivity contribution is 9.10. The monoisotopic (exact) mass is 333 g/mol. The van der Waals surface area contributed by atoms with Gasteiger partial charge >= 0.3 is 0 Å². The molecule has 104 valence electrons. The summed E-state index contributed by atoms with van der Waals surface area (Å²) in [6, 6.07) is 9.98. The zero-order valence-corrected chi connectivity index (χ0v) is 13.1. The summed E-state index contributed by atoms with van der Waals surface area (Å²) in [4.78, 5) is 4.44. The van der Waals surface area contributed by atoms with Crippen molar-refractivity contribution in [1.29, 1.82) is 5.26 Å². The number of rotatable bonds is 5. The third kappa shape index (κ3) is 3.26. The van der Waals surface area contributed by atoms with Crippen LogP contribution in [0.25, 0.3) is 11.4 Å². The summed E-state index contributed by atoms with van der Waals surface area (Å²) in [5.41, 5.74) is 0.785. The number of hydrogen-bond acceptors (Lipinski definition) is 4. The van der Waals surface area contributed by atoms with Crippen LogP contribution in [-0.4, -0.2) is 10.1 Å². The van der Waals surface area contributed by atoms with Crippen molar-refractivity contribution >= 4 is 15.9 Å². The number of halogens is 1. The predicted octanol–water partition coefficient (Wildman–Crippen LogP) is 4.37. The van der Waals surface area contributed by atoms with Gasteiger partial charge in [0.1, 0.15) is 0 Å². The zero-order chi connectivity index (χ0) is 14.6. The summed E-state index contributed by atoms with van der Waals surface area (Å²) in [6.45, 7) is 4.14. The summed E-state index contributed by atoms with van der Waals surface area (Å²) in [5.74, 6) is 1.15. The molecule has 0 amide bonds. The number of aromatic nitrogens is 2. The van der Waals surface area contributed by atoms with Crippen LogP contribution in [0.15, 0.2) is 33.3 Å². The van der Waals surface area contributed by atoms with Crippen LogP contribution in [0.5, 0.6) is 0 Å². The van der Waals surface area contributed by atoms with Gasteiger partial charge in [-0.1, -0.05) is 47.1 Å². The van der Waals surface area contributed by atoms with Gasteiger partial charge in [0.05, 0.1) is 6.07 Å². The van der Waals surface area contributed by atoms with Crippen LogP contribution in [-0.2, 0) is 6.42 Å². The van der Waals surface area contributed by atoms with E-state index in [1.807, 2.05) is 24.3 Å². The quantitative estimate of drug-likeness (QED) is 0.814. The Balaban J connectivity index is 2.22. The second-order valence-corrected chi connectivity index (χ2v) is 6.02. The van der Waals surface area contributed by atoms with E-state index >= 15 is 0 Å². The van der Waals surface area contributed by atoms with E-state index in [4.69, 9.17) is 9.78 Å². The molecule has 20 heavy (non-hydrogen) atoms. The SMILES string of the molecule is CCC(C)(CC#N)Cc1nc(-c2ccccc2Br)no1. The smallest absolute Gasteiger partial charge is 0.227 e. The minimum absolute atomic E-state index is 0.119. The van der Waals surface area contributed by atoms with Gasteiger partial charge in [0, 0.05) is 22.9 Å². The predicted molar refractivity (Wildman–Crippen MR) is 79.8 cm³/mol. The highest BCUT2D eigenvalue weighted by Gasteiger charge is 2.26. The Labute approximate surface area is 126 Å². The molecular formula is C15H16BrN3O. The van der Waals surface area contributed by atoms with Crippen molar-refractivity contribution in [2.24, 2.45) is 5.41 Å². The van der Waals surface area contributed by atoms with Gasteiger partial charge in [-0.05, 0) is 24.0 Å². The summed E-state index contributed by atoms with van der Waals surface area (Å²) < 4.78 is 6.26. The molecule has 0 bridgehead atoms. The van der Waals surface area contributed by atoms with Gasteiger partial charge in [-0.2, -0.15) is 10.2 Å². The van der Waals surface area contributed by atoms with Crippen molar-refractivity contribution in [1.82, 2.24) is 10.1 Å². The van der Waals surface area contributed by atoms with Crippen LogP contribution in [0.4, 0.5) is 0 Å². The minimum atomic E-state index is -0.119. The van der Waals surface area contributed by atoms with Crippen LogP contribution in [0, 0.1) is 16.7 Å². The highest BCUT2D eigenvalue weighted by atomic mass is 79.9. The molecule has 1 aromatic heterocycles. The van der Waals surface area contributed by atoms with E-state index in [1.165, 1.54) is 0 Å². The zero-order valence-electron chi connectivity index (χ0n) is 11.6. The molecule has 0 aliphatic carbocycles. The van der Waals surface area contributed by atoms with Gasteiger partial charge in [0.2, 0.25) is 11.7 Å². The average Bonchev–Trinajstić information content (AvgIpc) is 2.87. The molecule has 0 spiro atoms. The summed E-state index contributed by atoms with van der Waals surface area (Å²) in [7, 11) is 0. The molecule has 1 atom stereocenters. The Morgan fingerprint density at radius 1 is 1.40 bits per heavy atom. The van der Waals surface area contributed by atoms with Crippen molar-refractivity contribution in [3.05, 3.63) is 34.6 Å². The van der Waals surface area contributed by atoms with Crippen LogP contribution in [0.1, 0.15) is 32.6 Å². The molecule has 1 unspecified atom stereocenters. The van der Waals surface area contributed by atoms with Crippen LogP contribution in [0.2, 0.25) is 0 Å². The second kappa shape index (κ2) is 6.19. The number of nitriles is 1. The Bertz CT molecular complexity index is 632. The van der Waals surface area contributed by atoms with Gasteiger partial charge < -0.3 is 4.52 Å². The van der Waals surface area contributed by atoms with Gasteiger partial charge in [-0.3, -0.25) is 0 Å². The van der Waals surface area contributed by atoms with Crippen LogP contribution < -0.4 is 0 Å². The third-order valence-electron chi connectivity index (χ3n) is 3.52. The van der Waals surface area contributed by atoms with Gasteiger partial charge in [0.25, 0.3) is 0 Å². The van der Waals surface area contributed by atoms with E-state index in [1.54, 1.807) is 0 Å². The maximum absolute atomic E-state index is 8.91. The Morgan fingerprint density at radius 2 is 2.15 bits per heavy atom. The maximum atomic E-state index is 8.91. The summed E-state index contributed by atoms with van der Waals surface area (Å²) >= 11 is 3.48. The minimum Gasteiger partial charge on any atom is -0.339 e. The van der Waals surface area contributed by atoms with E-state index in [0.717, 1.165) is 16.5 Å². The summed E-state index contributed by atoms with van der Waals surface area (Å²) in [6.07, 6.45) is 2.00. The molecule has 1 aromatic carbocycles. The fourth-order valence-corrected chi connectivity index (χ4v) is 2.41. The second-order valence-electron chi connectivity index (χ2n) is 5.17. The standard InChI is InChI=1S/C15H16BrN3O/c1-3-15(2,8-9-17)10-13-18-14(19-20-13)11-6-4-5-7-12(11)16/h4-7H,3,8,10H2,1-2H3. The van der Waals surface area contributed by atoms with E-state index in [2.05, 4.69) is 46.0 Å². The molecule has 2 aromatic rings. The van der Waals surface area contributed by atoms with Gasteiger partial charge in [-0.25, -0.2) is 0 Å². The molecule has 0 saturated heterocycles.